The second-order valence-electron chi connectivity index (χ2n) is 6.51. The van der Waals surface area contributed by atoms with Crippen LogP contribution < -0.4 is 10.6 Å². The van der Waals surface area contributed by atoms with E-state index in [1.807, 2.05) is 0 Å². The predicted octanol–water partition coefficient (Wildman–Crippen LogP) is -0.693. The molecule has 0 bridgehead atoms. The third-order valence-electron chi connectivity index (χ3n) is 4.94. The molecule has 2 heterocycles. The molecule has 1 aliphatic carbocycles. The fourth-order valence-corrected chi connectivity index (χ4v) is 5.25. The van der Waals surface area contributed by atoms with Crippen molar-refractivity contribution in [1.82, 2.24) is 19.8 Å². The second kappa shape index (κ2) is 6.63. The van der Waals surface area contributed by atoms with Crippen LogP contribution in [0.15, 0.2) is 0 Å². The first-order chi connectivity index (χ1) is 11.0. The minimum atomic E-state index is -3.30. The normalized spacial score (nSPS) is 29.8. The molecule has 128 valence electrons. The number of urea groups is 1. The smallest absolute Gasteiger partial charge is 0.317 e. The zero-order valence-electron chi connectivity index (χ0n) is 13.1. The van der Waals surface area contributed by atoms with Gasteiger partial charge in [0.25, 0.3) is 0 Å². The second-order valence-corrected chi connectivity index (χ2v) is 8.72. The van der Waals surface area contributed by atoms with Gasteiger partial charge in [-0.05, 0) is 19.3 Å². The molecule has 2 atom stereocenters. The Morgan fingerprint density at radius 3 is 2.52 bits per heavy atom. The summed E-state index contributed by atoms with van der Waals surface area (Å²) in [7, 11) is -3.30. The van der Waals surface area contributed by atoms with E-state index in [0.29, 0.717) is 32.6 Å². The molecule has 0 spiro atoms. The van der Waals surface area contributed by atoms with Crippen LogP contribution in [0, 0.1) is 17.2 Å². The number of sulfonamides is 1. The first-order valence-electron chi connectivity index (χ1n) is 8.15. The Labute approximate surface area is 136 Å². The van der Waals surface area contributed by atoms with Crippen molar-refractivity contribution in [3.8, 4) is 6.07 Å². The molecular weight excluding hydrogens is 318 g/mol. The van der Waals surface area contributed by atoms with Crippen LogP contribution in [0.2, 0.25) is 0 Å². The van der Waals surface area contributed by atoms with Crippen LogP contribution in [0.1, 0.15) is 19.3 Å². The van der Waals surface area contributed by atoms with E-state index in [1.165, 1.54) is 4.31 Å². The Morgan fingerprint density at radius 1 is 1.22 bits per heavy atom. The van der Waals surface area contributed by atoms with E-state index in [-0.39, 0.29) is 31.1 Å². The molecule has 0 aromatic rings. The van der Waals surface area contributed by atoms with Crippen molar-refractivity contribution < 1.29 is 13.2 Å². The van der Waals surface area contributed by atoms with Gasteiger partial charge >= 0.3 is 6.03 Å². The number of amides is 2. The molecule has 3 aliphatic rings. The van der Waals surface area contributed by atoms with Crippen LogP contribution in [0.5, 0.6) is 0 Å². The summed E-state index contributed by atoms with van der Waals surface area (Å²) in [5.74, 6) is 0.0255. The Balaban J connectivity index is 1.47. The lowest BCUT2D eigenvalue weighted by atomic mass is 10.1. The van der Waals surface area contributed by atoms with Gasteiger partial charge in [-0.3, -0.25) is 0 Å². The lowest BCUT2D eigenvalue weighted by molar-refractivity contribution is 0.163. The van der Waals surface area contributed by atoms with Gasteiger partial charge in [-0.15, -0.1) is 0 Å². The average Bonchev–Trinajstić information content (AvgIpc) is 2.94. The zero-order chi connectivity index (χ0) is 16.4. The van der Waals surface area contributed by atoms with Gasteiger partial charge in [0.2, 0.25) is 10.0 Å². The van der Waals surface area contributed by atoms with Gasteiger partial charge in [-0.1, -0.05) is 0 Å². The van der Waals surface area contributed by atoms with E-state index in [9.17, 15) is 13.2 Å². The van der Waals surface area contributed by atoms with E-state index in [1.54, 1.807) is 4.90 Å². The fraction of sp³-hybridized carbons (Fsp3) is 0.857. The Bertz CT molecular complexity index is 590. The molecule has 3 fully saturated rings. The van der Waals surface area contributed by atoms with Gasteiger partial charge in [-0.25, -0.2) is 13.2 Å². The molecular formula is C14H23N5O3S. The minimum Gasteiger partial charge on any atom is -0.335 e. The summed E-state index contributed by atoms with van der Waals surface area (Å²) in [6.07, 6.45) is 2.33. The molecule has 0 unspecified atom stereocenters. The number of piperazine rings is 1. The topological polar surface area (TPSA) is 106 Å². The van der Waals surface area contributed by atoms with Crippen molar-refractivity contribution in [3.63, 3.8) is 0 Å². The molecule has 2 amide bonds. The minimum absolute atomic E-state index is 0.0255. The molecule has 0 aromatic heterocycles. The van der Waals surface area contributed by atoms with Gasteiger partial charge < -0.3 is 15.5 Å². The molecule has 8 nitrogen and oxygen atoms in total. The SMILES string of the molecule is N#C[C@H]1CC[C@@H](NC(=O)N2CC(S(=O)(=O)N3CCNCC3)C2)C1. The maximum atomic E-state index is 12.5. The van der Waals surface area contributed by atoms with E-state index < -0.39 is 15.3 Å². The van der Waals surface area contributed by atoms with Gasteiger partial charge in [0.1, 0.15) is 5.25 Å². The summed E-state index contributed by atoms with van der Waals surface area (Å²) >= 11 is 0. The number of hydrogen-bond donors (Lipinski definition) is 2. The maximum absolute atomic E-state index is 12.5. The van der Waals surface area contributed by atoms with Crippen LogP contribution >= 0.6 is 0 Å². The van der Waals surface area contributed by atoms with Crippen molar-refractivity contribution in [3.05, 3.63) is 0 Å². The number of carbonyl (C=O) groups excluding carboxylic acids is 1. The van der Waals surface area contributed by atoms with Gasteiger partial charge in [0.05, 0.1) is 6.07 Å². The highest BCUT2D eigenvalue weighted by molar-refractivity contribution is 7.89. The molecule has 9 heteroatoms. The number of rotatable bonds is 3. The molecule has 2 N–H and O–H groups in total. The van der Waals surface area contributed by atoms with Crippen LogP contribution in [-0.2, 0) is 10.0 Å². The monoisotopic (exact) mass is 341 g/mol. The lowest BCUT2D eigenvalue weighted by Gasteiger charge is -2.41. The van der Waals surface area contributed by atoms with Crippen molar-refractivity contribution in [2.45, 2.75) is 30.6 Å². The standard InChI is InChI=1S/C14H23N5O3S/c15-8-11-1-2-12(7-11)17-14(20)18-9-13(10-18)23(21,22)19-5-3-16-4-6-19/h11-13,16H,1-7,9-10H2,(H,17,20)/t11-,12+/m0/s1. The largest absolute Gasteiger partial charge is 0.335 e. The number of likely N-dealkylation sites (tertiary alicyclic amines) is 1. The summed E-state index contributed by atoms with van der Waals surface area (Å²) in [6.45, 7) is 2.88. The van der Waals surface area contributed by atoms with E-state index in [4.69, 9.17) is 5.26 Å². The van der Waals surface area contributed by atoms with E-state index in [2.05, 4.69) is 16.7 Å². The van der Waals surface area contributed by atoms with Crippen LogP contribution in [0.25, 0.3) is 0 Å². The number of nitriles is 1. The van der Waals surface area contributed by atoms with E-state index >= 15 is 0 Å². The molecule has 2 aliphatic heterocycles. The van der Waals surface area contributed by atoms with Crippen LogP contribution in [0.4, 0.5) is 4.79 Å². The first kappa shape index (κ1) is 16.5. The Morgan fingerprint density at radius 2 is 1.91 bits per heavy atom. The van der Waals surface area contributed by atoms with Gasteiger partial charge in [0.15, 0.2) is 0 Å². The average molecular weight is 341 g/mol. The summed E-state index contributed by atoms with van der Waals surface area (Å²) in [6, 6.07) is 2.06. The zero-order valence-corrected chi connectivity index (χ0v) is 13.9. The molecule has 1 saturated carbocycles. The van der Waals surface area contributed by atoms with Crippen LogP contribution in [0.3, 0.4) is 0 Å². The molecule has 3 rings (SSSR count). The number of hydrogen-bond acceptors (Lipinski definition) is 5. The fourth-order valence-electron chi connectivity index (χ4n) is 3.40. The quantitative estimate of drug-likeness (QED) is 0.707. The number of carbonyl (C=O) groups is 1. The van der Waals surface area contributed by atoms with E-state index in [0.717, 1.165) is 12.8 Å². The summed E-state index contributed by atoms with van der Waals surface area (Å²) in [5.41, 5.74) is 0. The number of nitrogens with one attached hydrogen (secondary N) is 2. The maximum Gasteiger partial charge on any atom is 0.317 e. The highest BCUT2D eigenvalue weighted by Gasteiger charge is 2.43. The highest BCUT2D eigenvalue weighted by atomic mass is 32.2. The van der Waals surface area contributed by atoms with Crippen molar-refractivity contribution >= 4 is 16.1 Å². The lowest BCUT2D eigenvalue weighted by Crippen LogP contribution is -2.63. The van der Waals surface area contributed by atoms with Gasteiger partial charge in [-0.2, -0.15) is 9.57 Å². The highest BCUT2D eigenvalue weighted by Crippen LogP contribution is 2.26. The van der Waals surface area contributed by atoms with Crippen molar-refractivity contribution in [2.75, 3.05) is 39.3 Å². The van der Waals surface area contributed by atoms with Crippen molar-refractivity contribution in [1.29, 1.82) is 5.26 Å². The molecule has 2 saturated heterocycles. The Hall–Kier alpha value is -1.37. The number of nitrogens with zero attached hydrogens (tertiary/aromatic N) is 3. The first-order valence-corrected chi connectivity index (χ1v) is 9.66. The van der Waals surface area contributed by atoms with Crippen molar-refractivity contribution in [2.24, 2.45) is 5.92 Å². The molecule has 0 radical (unpaired) electrons. The molecule has 23 heavy (non-hydrogen) atoms. The Kier molecular flexibility index (Phi) is 4.75. The summed E-state index contributed by atoms with van der Waals surface area (Å²) in [5, 5.41) is 14.4. The third kappa shape index (κ3) is 3.44. The third-order valence-corrected chi connectivity index (χ3v) is 7.16. The predicted molar refractivity (Wildman–Crippen MR) is 84.0 cm³/mol. The van der Waals surface area contributed by atoms with Crippen LogP contribution in [-0.4, -0.2) is 74.2 Å². The van der Waals surface area contributed by atoms with Gasteiger partial charge in [0, 0.05) is 51.2 Å². The molecule has 0 aromatic carbocycles. The summed E-state index contributed by atoms with van der Waals surface area (Å²) < 4.78 is 26.5. The summed E-state index contributed by atoms with van der Waals surface area (Å²) in [4.78, 5) is 13.7.